The van der Waals surface area contributed by atoms with Crippen molar-refractivity contribution in [3.63, 3.8) is 0 Å². The summed E-state index contributed by atoms with van der Waals surface area (Å²) in [4.78, 5) is 144. The van der Waals surface area contributed by atoms with E-state index in [2.05, 4.69) is 36.6 Å². The lowest BCUT2D eigenvalue weighted by molar-refractivity contribution is -0.151. The molecular weight excluding hydrogens is 891 g/mol. The number of carboxylic acids is 2. The van der Waals surface area contributed by atoms with E-state index in [9.17, 15) is 63.3 Å². The maximum atomic E-state index is 14.4. The third-order valence-electron chi connectivity index (χ3n) is 12.4. The highest BCUT2D eigenvalue weighted by Gasteiger charge is 2.47. The molecule has 3 aliphatic heterocycles. The second kappa shape index (κ2) is 24.7. The molecular formula is C44H69N11O13. The van der Waals surface area contributed by atoms with Crippen LogP contribution in [0.3, 0.4) is 0 Å². The molecule has 1 aromatic rings. The van der Waals surface area contributed by atoms with E-state index in [0.717, 1.165) is 0 Å². The van der Waals surface area contributed by atoms with Crippen molar-refractivity contribution in [1.29, 1.82) is 0 Å². The van der Waals surface area contributed by atoms with E-state index < -0.39 is 132 Å². The molecule has 0 bridgehead atoms. The lowest BCUT2D eigenvalue weighted by Crippen LogP contribution is -2.61. The van der Waals surface area contributed by atoms with Crippen LogP contribution in [0.5, 0.6) is 0 Å². The fourth-order valence-corrected chi connectivity index (χ4v) is 8.77. The fraction of sp³-hybridized carbons (Fsp3) is 0.705. The van der Waals surface area contributed by atoms with Crippen molar-refractivity contribution in [2.75, 3.05) is 19.6 Å². The van der Waals surface area contributed by atoms with Gasteiger partial charge in [-0.2, -0.15) is 0 Å². The summed E-state index contributed by atoms with van der Waals surface area (Å²) < 4.78 is 0. The zero-order valence-corrected chi connectivity index (χ0v) is 39.6. The Balaban J connectivity index is 1.46. The van der Waals surface area contributed by atoms with Crippen LogP contribution in [0, 0.1) is 11.8 Å². The molecule has 0 aliphatic carbocycles. The predicted octanol–water partition coefficient (Wildman–Crippen LogP) is -2.27. The van der Waals surface area contributed by atoms with Crippen LogP contribution in [-0.4, -0.2) is 179 Å². The summed E-state index contributed by atoms with van der Waals surface area (Å²) >= 11 is 0. The number of aromatic amines is 1. The van der Waals surface area contributed by atoms with Gasteiger partial charge in [-0.3, -0.25) is 43.2 Å². The topological polar surface area (TPSA) is 356 Å². The first-order valence-corrected chi connectivity index (χ1v) is 23.3. The molecule has 0 spiro atoms. The van der Waals surface area contributed by atoms with Crippen LogP contribution in [0.15, 0.2) is 12.5 Å². The Morgan fingerprint density at radius 3 is 1.74 bits per heavy atom. The third-order valence-corrected chi connectivity index (χ3v) is 12.4. The van der Waals surface area contributed by atoms with Crippen LogP contribution < -0.4 is 32.3 Å². The van der Waals surface area contributed by atoms with E-state index in [1.54, 1.807) is 13.8 Å². The zero-order valence-electron chi connectivity index (χ0n) is 39.6. The first-order valence-electron chi connectivity index (χ1n) is 23.3. The van der Waals surface area contributed by atoms with Gasteiger partial charge >= 0.3 is 11.9 Å². The van der Waals surface area contributed by atoms with Crippen LogP contribution in [0.1, 0.15) is 105 Å². The number of aliphatic hydroxyl groups is 1. The monoisotopic (exact) mass is 960 g/mol. The Hall–Kier alpha value is -6.17. The summed E-state index contributed by atoms with van der Waals surface area (Å²) in [7, 11) is 0. The molecule has 1 aromatic heterocycles. The van der Waals surface area contributed by atoms with Gasteiger partial charge in [-0.25, -0.2) is 9.78 Å². The SMILES string of the molecule is CC(C)C[C@H](NC(=O)[C@@H](NC(=O)[C@@H]1CCCN1C(=O)[C@@H]1CCCN1C(=O)[C@@H]1CCCN1C(=O)[C@H](CCC(=O)O)NC(=O)[C@@H](NC(=O)[C@H](C)N)[C@@H](C)O)C(C)C)C(=O)N[C@@H](Cc1cnc[nH]1)C(=O)O. The minimum atomic E-state index is -1.54. The third kappa shape index (κ3) is 14.4. The number of likely N-dealkylation sites (tertiary alicyclic amines) is 3. The fourth-order valence-electron chi connectivity index (χ4n) is 8.77. The zero-order chi connectivity index (χ0) is 50.6. The van der Waals surface area contributed by atoms with E-state index in [4.69, 9.17) is 5.73 Å². The molecule has 378 valence electrons. The number of nitrogens with one attached hydrogen (secondary N) is 6. The molecule has 10 atom stereocenters. The standard InChI is InChI=1S/C44H69N11O13/c1-22(2)18-28(37(60)50-29(44(67)68)19-26-20-46-21-47-26)49-39(62)34(23(3)4)51-38(61)30-10-7-15-53(30)42(65)32-12-9-17-55(32)43(66)31-11-8-16-54(31)41(64)27(13-14-33(57)58)48-40(63)35(25(6)56)52-36(59)24(5)45/h20-25,27-32,34-35,56H,7-19,45H2,1-6H3,(H,46,47)(H,48,63)(H,49,62)(H,50,60)(H,51,61)(H,52,59)(H,57,58)(H,67,68)/t24-,25+,27-,28-,29-,30-,31-,32-,34-,35-/m0/s1. The molecule has 3 aliphatic rings. The van der Waals surface area contributed by atoms with Crippen molar-refractivity contribution in [2.24, 2.45) is 17.6 Å². The Morgan fingerprint density at radius 1 is 0.691 bits per heavy atom. The molecule has 0 aromatic carbocycles. The molecule has 3 saturated heterocycles. The number of imidazole rings is 1. The van der Waals surface area contributed by atoms with Gasteiger partial charge in [-0.05, 0) is 77.0 Å². The summed E-state index contributed by atoms with van der Waals surface area (Å²) in [6, 6.07) is -10.7. The smallest absolute Gasteiger partial charge is 0.326 e. The van der Waals surface area contributed by atoms with E-state index in [0.29, 0.717) is 25.0 Å². The Bertz CT molecular complexity index is 2000. The van der Waals surface area contributed by atoms with E-state index in [1.165, 1.54) is 41.1 Å². The highest BCUT2D eigenvalue weighted by Crippen LogP contribution is 2.29. The number of aromatic nitrogens is 2. The minimum absolute atomic E-state index is 0.0824. The Labute approximate surface area is 394 Å². The van der Waals surface area contributed by atoms with Crippen molar-refractivity contribution in [3.8, 4) is 0 Å². The maximum Gasteiger partial charge on any atom is 0.326 e. The predicted molar refractivity (Wildman–Crippen MR) is 240 cm³/mol. The quantitative estimate of drug-likeness (QED) is 0.0553. The van der Waals surface area contributed by atoms with Gasteiger partial charge in [-0.15, -0.1) is 0 Å². The number of aliphatic carboxylic acids is 2. The van der Waals surface area contributed by atoms with E-state index in [1.807, 2.05) is 13.8 Å². The van der Waals surface area contributed by atoms with Gasteiger partial charge < -0.3 is 67.3 Å². The van der Waals surface area contributed by atoms with Crippen molar-refractivity contribution in [3.05, 3.63) is 18.2 Å². The lowest BCUT2D eigenvalue weighted by Gasteiger charge is -2.35. The molecule has 11 N–H and O–H groups in total. The Kier molecular flexibility index (Phi) is 19.8. The van der Waals surface area contributed by atoms with Gasteiger partial charge in [0.05, 0.1) is 18.5 Å². The van der Waals surface area contributed by atoms with Gasteiger partial charge in [0.2, 0.25) is 47.3 Å². The maximum absolute atomic E-state index is 14.4. The van der Waals surface area contributed by atoms with Gasteiger partial charge in [-0.1, -0.05) is 27.7 Å². The normalized spacial score (nSPS) is 21.3. The summed E-state index contributed by atoms with van der Waals surface area (Å²) in [6.07, 6.45) is 2.55. The molecule has 0 radical (unpaired) electrons. The van der Waals surface area contributed by atoms with Crippen LogP contribution >= 0.6 is 0 Å². The van der Waals surface area contributed by atoms with Crippen LogP contribution in [0.4, 0.5) is 0 Å². The number of nitrogens with two attached hydrogens (primary N) is 1. The minimum Gasteiger partial charge on any atom is -0.481 e. The van der Waals surface area contributed by atoms with Crippen molar-refractivity contribution in [1.82, 2.24) is 51.3 Å². The van der Waals surface area contributed by atoms with Crippen molar-refractivity contribution < 1.29 is 63.3 Å². The molecule has 8 amide bonds. The van der Waals surface area contributed by atoms with Crippen molar-refractivity contribution >= 4 is 59.2 Å². The van der Waals surface area contributed by atoms with E-state index >= 15 is 0 Å². The molecule has 3 fully saturated rings. The number of amides is 8. The summed E-state index contributed by atoms with van der Waals surface area (Å²) in [5, 5.41) is 42.3. The highest BCUT2D eigenvalue weighted by molar-refractivity contribution is 5.99. The van der Waals surface area contributed by atoms with Gasteiger partial charge in [0, 0.05) is 44.4 Å². The number of aliphatic hydroxyl groups excluding tert-OH is 1. The number of carbonyl (C=O) groups is 10. The number of nitrogens with zero attached hydrogens (tertiary/aromatic N) is 4. The summed E-state index contributed by atoms with van der Waals surface area (Å²) in [5.74, 6) is -8.67. The Morgan fingerprint density at radius 2 is 1.22 bits per heavy atom. The summed E-state index contributed by atoms with van der Waals surface area (Å²) in [5.41, 5.74) is 6.09. The number of carboxylic acid groups (broad SMARTS) is 2. The second-order valence-electron chi connectivity index (χ2n) is 18.7. The molecule has 0 saturated carbocycles. The largest absolute Gasteiger partial charge is 0.481 e. The van der Waals surface area contributed by atoms with Gasteiger partial charge in [0.1, 0.15) is 48.3 Å². The summed E-state index contributed by atoms with van der Waals surface area (Å²) in [6.45, 7) is 10.1. The molecule has 4 heterocycles. The van der Waals surface area contributed by atoms with Crippen LogP contribution in [0.2, 0.25) is 0 Å². The van der Waals surface area contributed by atoms with E-state index in [-0.39, 0.29) is 64.1 Å². The number of hydrogen-bond acceptors (Lipinski definition) is 13. The first kappa shape index (κ1) is 54.4. The number of hydrogen-bond donors (Lipinski definition) is 10. The average molecular weight is 960 g/mol. The lowest BCUT2D eigenvalue weighted by atomic mass is 9.99. The van der Waals surface area contributed by atoms with Crippen LogP contribution in [0.25, 0.3) is 0 Å². The van der Waals surface area contributed by atoms with Gasteiger partial charge in [0.25, 0.3) is 0 Å². The number of H-pyrrole nitrogens is 1. The number of rotatable bonds is 23. The molecule has 4 rings (SSSR count). The highest BCUT2D eigenvalue weighted by atomic mass is 16.4. The van der Waals surface area contributed by atoms with Crippen LogP contribution in [-0.2, 0) is 54.4 Å². The molecule has 24 heteroatoms. The first-order chi connectivity index (χ1) is 32.0. The average Bonchev–Trinajstić information content (AvgIpc) is 4.12. The molecule has 68 heavy (non-hydrogen) atoms. The second-order valence-corrected chi connectivity index (χ2v) is 18.7. The molecule has 24 nitrogen and oxygen atoms in total. The van der Waals surface area contributed by atoms with Crippen molar-refractivity contribution in [2.45, 2.75) is 166 Å². The molecule has 0 unspecified atom stereocenters. The van der Waals surface area contributed by atoms with Gasteiger partial charge in [0.15, 0.2) is 0 Å². The number of carbonyl (C=O) groups excluding carboxylic acids is 8.